The van der Waals surface area contributed by atoms with Crippen molar-refractivity contribution in [1.82, 2.24) is 4.98 Å². The number of hydrogen-bond acceptors (Lipinski definition) is 4. The molecule has 1 aliphatic rings. The van der Waals surface area contributed by atoms with Crippen molar-refractivity contribution in [2.75, 3.05) is 11.1 Å². The lowest BCUT2D eigenvalue weighted by molar-refractivity contribution is -0.125. The number of amides is 2. The first-order valence-electron chi connectivity index (χ1n) is 10.5. The Bertz CT molecular complexity index is 1320. The number of carbonyl (C=O) groups is 2. The number of nitrogen functional groups attached to an aromatic ring is 1. The zero-order valence-electron chi connectivity index (χ0n) is 18.1. The van der Waals surface area contributed by atoms with Crippen LogP contribution in [0.3, 0.4) is 0 Å². The van der Waals surface area contributed by atoms with Crippen LogP contribution in [0.15, 0.2) is 89.6 Å². The molecule has 1 unspecified atom stereocenters. The van der Waals surface area contributed by atoms with Gasteiger partial charge in [-0.1, -0.05) is 59.6 Å². The Hall–Kier alpha value is -3.61. The number of hydrogen-bond donors (Lipinski definition) is 3. The van der Waals surface area contributed by atoms with Crippen molar-refractivity contribution >= 4 is 46.4 Å². The molecule has 4 rings (SSSR count). The smallest absolute Gasteiger partial charge is 0.256 e. The van der Waals surface area contributed by atoms with Crippen LogP contribution in [-0.4, -0.2) is 16.8 Å². The average molecular weight is 493 g/mol. The molecule has 0 saturated carbocycles. The largest absolute Gasteiger partial charge is 0.399 e. The zero-order valence-corrected chi connectivity index (χ0v) is 19.6. The van der Waals surface area contributed by atoms with Crippen LogP contribution in [0.1, 0.15) is 12.0 Å². The number of benzene rings is 2. The molecule has 1 atom stereocenters. The number of carbonyl (C=O) groups excluding carboxylic acids is 2. The van der Waals surface area contributed by atoms with Crippen molar-refractivity contribution in [1.29, 1.82) is 0 Å². The maximum Gasteiger partial charge on any atom is 0.256 e. The van der Waals surface area contributed by atoms with Crippen molar-refractivity contribution in [3.8, 4) is 11.3 Å². The van der Waals surface area contributed by atoms with E-state index in [1.165, 1.54) is 0 Å². The number of anilines is 2. The van der Waals surface area contributed by atoms with Gasteiger partial charge in [-0.3, -0.25) is 14.6 Å². The number of para-hydroxylation sites is 1. The fourth-order valence-corrected chi connectivity index (χ4v) is 4.50. The van der Waals surface area contributed by atoms with Gasteiger partial charge in [0.2, 0.25) is 5.91 Å². The average Bonchev–Trinajstić information content (AvgIpc) is 2.82. The number of rotatable bonds is 6. The van der Waals surface area contributed by atoms with Gasteiger partial charge in [0.25, 0.3) is 5.91 Å². The van der Waals surface area contributed by atoms with Gasteiger partial charge in [0.05, 0.1) is 21.7 Å². The van der Waals surface area contributed by atoms with E-state index < -0.39 is 17.2 Å². The Balaban J connectivity index is 1.56. The molecular formula is C26H22Cl2N4O2. The third-order valence-corrected chi connectivity index (χ3v) is 6.46. The first-order chi connectivity index (χ1) is 16.3. The first kappa shape index (κ1) is 23.5. The summed E-state index contributed by atoms with van der Waals surface area (Å²) in [6.07, 6.45) is 5.23. The van der Waals surface area contributed by atoms with Crippen molar-refractivity contribution < 1.29 is 9.59 Å². The molecule has 0 bridgehead atoms. The summed E-state index contributed by atoms with van der Waals surface area (Å²) in [7, 11) is 0. The molecule has 2 aromatic carbocycles. The van der Waals surface area contributed by atoms with Gasteiger partial charge in [0.1, 0.15) is 0 Å². The summed E-state index contributed by atoms with van der Waals surface area (Å²) < 4.78 is 0. The Morgan fingerprint density at radius 3 is 2.50 bits per heavy atom. The fourth-order valence-electron chi connectivity index (χ4n) is 3.90. The van der Waals surface area contributed by atoms with Gasteiger partial charge in [0.15, 0.2) is 0 Å². The maximum absolute atomic E-state index is 13.0. The lowest BCUT2D eigenvalue weighted by Gasteiger charge is -2.31. The van der Waals surface area contributed by atoms with Crippen LogP contribution in [-0.2, 0) is 16.0 Å². The van der Waals surface area contributed by atoms with Gasteiger partial charge in [-0.2, -0.15) is 0 Å². The second-order valence-electron chi connectivity index (χ2n) is 8.09. The molecule has 0 saturated heterocycles. The lowest BCUT2D eigenvalue weighted by atomic mass is 9.74. The topological polar surface area (TPSA) is 111 Å². The van der Waals surface area contributed by atoms with Crippen LogP contribution >= 0.6 is 23.2 Å². The second kappa shape index (κ2) is 9.71. The second-order valence-corrected chi connectivity index (χ2v) is 8.95. The lowest BCUT2D eigenvalue weighted by Crippen LogP contribution is -2.39. The minimum absolute atomic E-state index is 0.0945. The Morgan fingerprint density at radius 2 is 1.82 bits per heavy atom. The number of primary amides is 1. The SMILES string of the molecule is NC(=O)C1(Cc2ccccc2N)C=CC(C(=O)Nc2ccc(Cl)c(-c3ccccn3)c2)=C(Cl)C1. The molecule has 6 nitrogen and oxygen atoms in total. The summed E-state index contributed by atoms with van der Waals surface area (Å²) in [5.41, 5.74) is 14.2. The molecule has 0 fully saturated rings. The predicted octanol–water partition coefficient (Wildman–Crippen LogP) is 5.09. The summed E-state index contributed by atoms with van der Waals surface area (Å²) in [5.74, 6) is -0.949. The van der Waals surface area contributed by atoms with Gasteiger partial charge >= 0.3 is 0 Å². The van der Waals surface area contributed by atoms with Gasteiger partial charge in [-0.25, -0.2) is 0 Å². The minimum Gasteiger partial charge on any atom is -0.399 e. The van der Waals surface area contributed by atoms with Crippen LogP contribution in [0, 0.1) is 5.41 Å². The van der Waals surface area contributed by atoms with E-state index in [2.05, 4.69) is 10.3 Å². The first-order valence-corrected chi connectivity index (χ1v) is 11.3. The van der Waals surface area contributed by atoms with Crippen molar-refractivity contribution in [2.24, 2.45) is 11.1 Å². The highest BCUT2D eigenvalue weighted by Gasteiger charge is 2.39. The van der Waals surface area contributed by atoms with Crippen molar-refractivity contribution in [3.63, 3.8) is 0 Å². The van der Waals surface area contributed by atoms with E-state index in [0.717, 1.165) is 5.56 Å². The molecule has 1 aromatic heterocycles. The molecule has 5 N–H and O–H groups in total. The van der Waals surface area contributed by atoms with Gasteiger partial charge in [-0.05, 0) is 48.4 Å². The number of nitrogens with one attached hydrogen (secondary N) is 1. The summed E-state index contributed by atoms with van der Waals surface area (Å²) in [5, 5.41) is 3.59. The number of allylic oxidation sites excluding steroid dienone is 1. The number of pyridine rings is 1. The number of halogens is 2. The highest BCUT2D eigenvalue weighted by Crippen LogP contribution is 2.40. The summed E-state index contributed by atoms with van der Waals surface area (Å²) >= 11 is 12.9. The van der Waals surface area contributed by atoms with Crippen LogP contribution < -0.4 is 16.8 Å². The van der Waals surface area contributed by atoms with Crippen molar-refractivity contribution in [2.45, 2.75) is 12.8 Å². The molecular weight excluding hydrogens is 471 g/mol. The Morgan fingerprint density at radius 1 is 1.06 bits per heavy atom. The molecule has 172 valence electrons. The van der Waals surface area contributed by atoms with Gasteiger partial charge < -0.3 is 16.8 Å². The molecule has 1 aliphatic carbocycles. The summed E-state index contributed by atoms with van der Waals surface area (Å²) in [6.45, 7) is 0. The Labute approximate surface area is 207 Å². The van der Waals surface area contributed by atoms with Gasteiger partial charge in [0, 0.05) is 34.6 Å². The highest BCUT2D eigenvalue weighted by molar-refractivity contribution is 6.34. The molecule has 34 heavy (non-hydrogen) atoms. The minimum atomic E-state index is -1.08. The summed E-state index contributed by atoms with van der Waals surface area (Å²) in [4.78, 5) is 29.8. The number of nitrogens with two attached hydrogens (primary N) is 2. The van der Waals surface area contributed by atoms with Crippen LogP contribution in [0.5, 0.6) is 0 Å². The summed E-state index contributed by atoms with van der Waals surface area (Å²) in [6, 6.07) is 17.9. The Kier molecular flexibility index (Phi) is 6.72. The molecule has 1 heterocycles. The van der Waals surface area contributed by atoms with E-state index in [0.29, 0.717) is 27.7 Å². The maximum atomic E-state index is 13.0. The third kappa shape index (κ3) is 4.83. The molecule has 0 aliphatic heterocycles. The van der Waals surface area contributed by atoms with E-state index in [1.54, 1.807) is 42.6 Å². The van der Waals surface area contributed by atoms with E-state index in [9.17, 15) is 9.59 Å². The van der Waals surface area contributed by atoms with Crippen LogP contribution in [0.2, 0.25) is 5.02 Å². The van der Waals surface area contributed by atoms with E-state index in [1.807, 2.05) is 36.4 Å². The third-order valence-electron chi connectivity index (χ3n) is 5.79. The molecule has 8 heteroatoms. The zero-order chi connectivity index (χ0) is 24.3. The predicted molar refractivity (Wildman–Crippen MR) is 136 cm³/mol. The number of aromatic nitrogens is 1. The van der Waals surface area contributed by atoms with E-state index in [4.69, 9.17) is 34.7 Å². The standard InChI is InChI=1S/C26H22Cl2N4O2/c27-20-9-8-17(13-19(20)23-7-3-4-12-31-23)32-24(33)18-10-11-26(25(30)34,15-21(18)28)14-16-5-1-2-6-22(16)29/h1-13H,14-15,29H2,(H2,30,34)(H,32,33). The van der Waals surface area contributed by atoms with Gasteiger partial charge in [-0.15, -0.1) is 0 Å². The normalized spacial score (nSPS) is 17.5. The highest BCUT2D eigenvalue weighted by atomic mass is 35.5. The molecule has 0 spiro atoms. The molecule has 3 aromatic rings. The van der Waals surface area contributed by atoms with E-state index in [-0.39, 0.29) is 23.4 Å². The van der Waals surface area contributed by atoms with Crippen LogP contribution in [0.25, 0.3) is 11.3 Å². The quantitative estimate of drug-likeness (QED) is 0.416. The fraction of sp³-hybridized carbons (Fsp3) is 0.115. The number of nitrogens with zero attached hydrogens (tertiary/aromatic N) is 1. The monoisotopic (exact) mass is 492 g/mol. The molecule has 2 amide bonds. The van der Waals surface area contributed by atoms with Crippen molar-refractivity contribution in [3.05, 3.63) is 100 Å². The van der Waals surface area contributed by atoms with E-state index >= 15 is 0 Å². The molecule has 0 radical (unpaired) electrons. The van der Waals surface area contributed by atoms with Crippen LogP contribution in [0.4, 0.5) is 11.4 Å².